The SMILES string of the molecule is O=C(NCCCN1CCC(Cc2ccccc2)CC1)[C@@H]1CCCN(S(=O)(=O)N2CCCCC2)C1. The topological polar surface area (TPSA) is 73.0 Å². The average Bonchev–Trinajstić information content (AvgIpc) is 2.88. The van der Waals surface area contributed by atoms with E-state index in [4.69, 9.17) is 0 Å². The standard InChI is InChI=1S/C26H42N4O3S/c31-26(25-11-7-18-30(22-25)34(32,33)29-16-5-2-6-17-29)27-14-8-15-28-19-12-24(13-20-28)21-23-9-3-1-4-10-23/h1,3-4,9-10,24-25H,2,5-8,11-22H2,(H,27,31)/t25-/m1/s1. The number of benzene rings is 1. The van der Waals surface area contributed by atoms with Gasteiger partial charge >= 0.3 is 0 Å². The van der Waals surface area contributed by atoms with Crippen LogP contribution in [0, 0.1) is 11.8 Å². The van der Waals surface area contributed by atoms with Gasteiger partial charge in [0.25, 0.3) is 10.2 Å². The van der Waals surface area contributed by atoms with Crippen molar-refractivity contribution in [3.05, 3.63) is 35.9 Å². The molecule has 1 amide bonds. The lowest BCUT2D eigenvalue weighted by Gasteiger charge is -2.36. The number of nitrogens with zero attached hydrogens (tertiary/aromatic N) is 3. The molecule has 8 heteroatoms. The van der Waals surface area contributed by atoms with Gasteiger partial charge in [-0.25, -0.2) is 0 Å². The first-order valence-electron chi connectivity index (χ1n) is 13.3. The highest BCUT2D eigenvalue weighted by Crippen LogP contribution is 2.24. The maximum Gasteiger partial charge on any atom is 0.281 e. The van der Waals surface area contributed by atoms with E-state index in [0.29, 0.717) is 32.7 Å². The lowest BCUT2D eigenvalue weighted by Crippen LogP contribution is -2.51. The maximum atomic E-state index is 13.0. The molecule has 0 unspecified atom stereocenters. The minimum absolute atomic E-state index is 0.0140. The molecular weight excluding hydrogens is 448 g/mol. The summed E-state index contributed by atoms with van der Waals surface area (Å²) >= 11 is 0. The molecule has 190 valence electrons. The highest BCUT2D eigenvalue weighted by atomic mass is 32.2. The summed E-state index contributed by atoms with van der Waals surface area (Å²) in [5.41, 5.74) is 1.44. The Kier molecular flexibility index (Phi) is 9.39. The van der Waals surface area contributed by atoms with Crippen molar-refractivity contribution in [1.29, 1.82) is 0 Å². The fourth-order valence-corrected chi connectivity index (χ4v) is 7.42. The predicted molar refractivity (Wildman–Crippen MR) is 136 cm³/mol. The van der Waals surface area contributed by atoms with Gasteiger partial charge in [0, 0.05) is 32.7 Å². The maximum absolute atomic E-state index is 13.0. The Hall–Kier alpha value is -1.48. The second-order valence-electron chi connectivity index (χ2n) is 10.3. The molecular formula is C26H42N4O3S. The number of hydrogen-bond acceptors (Lipinski definition) is 4. The molecule has 1 N–H and O–H groups in total. The molecule has 4 rings (SSSR count). The highest BCUT2D eigenvalue weighted by molar-refractivity contribution is 7.86. The van der Waals surface area contributed by atoms with Crippen LogP contribution in [0.1, 0.15) is 56.9 Å². The van der Waals surface area contributed by atoms with E-state index in [2.05, 4.69) is 40.5 Å². The van der Waals surface area contributed by atoms with Gasteiger partial charge in [0.05, 0.1) is 5.92 Å². The van der Waals surface area contributed by atoms with Crippen molar-refractivity contribution in [3.8, 4) is 0 Å². The lowest BCUT2D eigenvalue weighted by atomic mass is 9.90. The van der Waals surface area contributed by atoms with E-state index in [1.165, 1.54) is 24.8 Å². The largest absolute Gasteiger partial charge is 0.356 e. The Bertz CT molecular complexity index is 865. The van der Waals surface area contributed by atoms with Crippen LogP contribution in [0.5, 0.6) is 0 Å². The van der Waals surface area contributed by atoms with Gasteiger partial charge in [-0.1, -0.05) is 36.8 Å². The summed E-state index contributed by atoms with van der Waals surface area (Å²) in [5, 5.41) is 3.08. The Morgan fingerprint density at radius 2 is 1.59 bits per heavy atom. The zero-order valence-corrected chi connectivity index (χ0v) is 21.4. The predicted octanol–water partition coefficient (Wildman–Crippen LogP) is 2.89. The smallest absolute Gasteiger partial charge is 0.281 e. The summed E-state index contributed by atoms with van der Waals surface area (Å²) in [6.45, 7) is 6.02. The molecule has 0 radical (unpaired) electrons. The van der Waals surface area contributed by atoms with Gasteiger partial charge in [0.15, 0.2) is 0 Å². The van der Waals surface area contributed by atoms with E-state index < -0.39 is 10.2 Å². The lowest BCUT2D eigenvalue weighted by molar-refractivity contribution is -0.126. The fourth-order valence-electron chi connectivity index (χ4n) is 5.65. The molecule has 0 bridgehead atoms. The third-order valence-corrected chi connectivity index (χ3v) is 9.75. The number of rotatable bonds is 9. The van der Waals surface area contributed by atoms with Gasteiger partial charge in [-0.15, -0.1) is 0 Å². The molecule has 0 aromatic heterocycles. The summed E-state index contributed by atoms with van der Waals surface area (Å²) in [7, 11) is -3.44. The zero-order chi connectivity index (χ0) is 23.8. The van der Waals surface area contributed by atoms with Crippen molar-refractivity contribution >= 4 is 16.1 Å². The Balaban J connectivity index is 1.13. The molecule has 3 saturated heterocycles. The molecule has 0 spiro atoms. The average molecular weight is 491 g/mol. The van der Waals surface area contributed by atoms with Crippen molar-refractivity contribution in [2.24, 2.45) is 11.8 Å². The molecule has 3 fully saturated rings. The van der Waals surface area contributed by atoms with Crippen molar-refractivity contribution in [2.75, 3.05) is 52.4 Å². The summed E-state index contributed by atoms with van der Waals surface area (Å²) < 4.78 is 29.1. The van der Waals surface area contributed by atoms with Crippen LogP contribution in [0.25, 0.3) is 0 Å². The Labute approximate surface area is 206 Å². The van der Waals surface area contributed by atoms with Crippen LogP contribution in [-0.4, -0.2) is 80.2 Å². The van der Waals surface area contributed by atoms with Gasteiger partial charge in [-0.3, -0.25) is 4.79 Å². The van der Waals surface area contributed by atoms with Crippen molar-refractivity contribution in [3.63, 3.8) is 0 Å². The van der Waals surface area contributed by atoms with Crippen LogP contribution in [0.2, 0.25) is 0 Å². The molecule has 3 aliphatic rings. The molecule has 0 saturated carbocycles. The van der Waals surface area contributed by atoms with Gasteiger partial charge < -0.3 is 10.2 Å². The van der Waals surface area contributed by atoms with E-state index in [9.17, 15) is 13.2 Å². The molecule has 1 atom stereocenters. The Morgan fingerprint density at radius 3 is 2.32 bits per heavy atom. The Morgan fingerprint density at radius 1 is 0.882 bits per heavy atom. The van der Waals surface area contributed by atoms with Gasteiger partial charge in [-0.05, 0) is 82.5 Å². The van der Waals surface area contributed by atoms with Crippen LogP contribution >= 0.6 is 0 Å². The first-order chi connectivity index (χ1) is 16.5. The van der Waals surface area contributed by atoms with E-state index in [-0.39, 0.29) is 11.8 Å². The second-order valence-corrected chi connectivity index (χ2v) is 12.2. The molecule has 0 aliphatic carbocycles. The van der Waals surface area contributed by atoms with E-state index in [0.717, 1.165) is 64.1 Å². The van der Waals surface area contributed by atoms with Gasteiger partial charge in [0.2, 0.25) is 5.91 Å². The van der Waals surface area contributed by atoms with Crippen LogP contribution in [0.15, 0.2) is 30.3 Å². The third-order valence-electron chi connectivity index (χ3n) is 7.75. The van der Waals surface area contributed by atoms with E-state index >= 15 is 0 Å². The van der Waals surface area contributed by atoms with Crippen molar-refractivity contribution in [2.45, 2.75) is 57.8 Å². The van der Waals surface area contributed by atoms with Gasteiger partial charge in [-0.2, -0.15) is 17.0 Å². The molecule has 3 aliphatic heterocycles. The third kappa shape index (κ3) is 7.03. The molecule has 1 aromatic rings. The fraction of sp³-hybridized carbons (Fsp3) is 0.731. The van der Waals surface area contributed by atoms with Crippen molar-refractivity contribution < 1.29 is 13.2 Å². The number of hydrogen-bond donors (Lipinski definition) is 1. The van der Waals surface area contributed by atoms with E-state index in [1.807, 2.05) is 0 Å². The molecule has 34 heavy (non-hydrogen) atoms. The van der Waals surface area contributed by atoms with E-state index in [1.54, 1.807) is 8.61 Å². The quantitative estimate of drug-likeness (QED) is 0.540. The number of carbonyl (C=O) groups is 1. The minimum atomic E-state index is -3.44. The minimum Gasteiger partial charge on any atom is -0.356 e. The van der Waals surface area contributed by atoms with Crippen LogP contribution < -0.4 is 5.32 Å². The monoisotopic (exact) mass is 490 g/mol. The van der Waals surface area contributed by atoms with Crippen LogP contribution in [0.4, 0.5) is 0 Å². The summed E-state index contributed by atoms with van der Waals surface area (Å²) in [6.07, 6.45) is 9.09. The first kappa shape index (κ1) is 25.6. The number of nitrogens with one attached hydrogen (secondary N) is 1. The second kappa shape index (κ2) is 12.5. The molecule has 7 nitrogen and oxygen atoms in total. The number of carbonyl (C=O) groups excluding carboxylic acids is 1. The zero-order valence-electron chi connectivity index (χ0n) is 20.5. The van der Waals surface area contributed by atoms with Crippen LogP contribution in [-0.2, 0) is 21.4 Å². The number of amides is 1. The molecule has 3 heterocycles. The normalized spacial score (nSPS) is 24.2. The number of piperidine rings is 3. The first-order valence-corrected chi connectivity index (χ1v) is 14.7. The van der Waals surface area contributed by atoms with Gasteiger partial charge in [0.1, 0.15) is 0 Å². The summed E-state index contributed by atoms with van der Waals surface area (Å²) in [5.74, 6) is 0.552. The summed E-state index contributed by atoms with van der Waals surface area (Å²) in [4.78, 5) is 15.3. The summed E-state index contributed by atoms with van der Waals surface area (Å²) in [6, 6.07) is 10.8. The van der Waals surface area contributed by atoms with Crippen molar-refractivity contribution in [1.82, 2.24) is 18.8 Å². The highest BCUT2D eigenvalue weighted by Gasteiger charge is 2.36. The molecule has 1 aromatic carbocycles. The van der Waals surface area contributed by atoms with Crippen LogP contribution in [0.3, 0.4) is 0 Å². The number of likely N-dealkylation sites (tertiary alicyclic amines) is 1.